The van der Waals surface area contributed by atoms with Crippen molar-refractivity contribution >= 4 is 24.0 Å². The van der Waals surface area contributed by atoms with Crippen LogP contribution >= 0.6 is 24.0 Å². The van der Waals surface area contributed by atoms with E-state index in [1.165, 1.54) is 12.1 Å². The molecule has 0 fully saturated rings. The van der Waals surface area contributed by atoms with Crippen molar-refractivity contribution in [2.24, 2.45) is 5.73 Å². The molecule has 2 N–H and O–H groups in total. The molecule has 1 rings (SSSR count). The van der Waals surface area contributed by atoms with Crippen molar-refractivity contribution in [1.29, 1.82) is 0 Å². The summed E-state index contributed by atoms with van der Waals surface area (Å²) in [6.07, 6.45) is -3.28. The summed E-state index contributed by atoms with van der Waals surface area (Å²) in [4.78, 5) is 0. The fraction of sp³-hybridized carbons (Fsp3) is 0.400. The molecule has 0 bridgehead atoms. The molecule has 98 valence electrons. The Morgan fingerprint density at radius 1 is 1.29 bits per heavy atom. The molecule has 0 atom stereocenters. The maximum Gasteiger partial charge on any atom is 0.573 e. The van der Waals surface area contributed by atoms with E-state index >= 15 is 0 Å². The van der Waals surface area contributed by atoms with Gasteiger partial charge in [0.05, 0.1) is 5.02 Å². The maximum absolute atomic E-state index is 11.9. The van der Waals surface area contributed by atoms with Crippen LogP contribution in [-0.4, -0.2) is 12.9 Å². The number of nitrogens with two attached hydrogens (primary N) is 1. The fourth-order valence-electron chi connectivity index (χ4n) is 1.21. The van der Waals surface area contributed by atoms with Crippen molar-refractivity contribution in [1.82, 2.24) is 0 Å². The predicted octanol–water partition coefficient (Wildman–Crippen LogP) is 3.55. The Labute approximate surface area is 108 Å². The van der Waals surface area contributed by atoms with Crippen LogP contribution in [0.1, 0.15) is 12.0 Å². The average molecular weight is 290 g/mol. The Balaban J connectivity index is 0.00000256. The topological polar surface area (TPSA) is 35.2 Å². The van der Waals surface area contributed by atoms with E-state index in [1.54, 1.807) is 6.07 Å². The molecule has 0 aliphatic rings. The molecule has 0 heterocycles. The summed E-state index contributed by atoms with van der Waals surface area (Å²) in [6.45, 7) is 0.526. The quantitative estimate of drug-likeness (QED) is 0.920. The molecule has 0 aliphatic heterocycles. The highest BCUT2D eigenvalue weighted by atomic mass is 35.5. The Kier molecular flexibility index (Phi) is 6.67. The zero-order valence-corrected chi connectivity index (χ0v) is 10.3. The third kappa shape index (κ3) is 6.00. The summed E-state index contributed by atoms with van der Waals surface area (Å²) in [7, 11) is 0. The molecule has 7 heteroatoms. The zero-order chi connectivity index (χ0) is 12.2. The lowest BCUT2D eigenvalue weighted by Gasteiger charge is -2.11. The van der Waals surface area contributed by atoms with Crippen LogP contribution in [0.2, 0.25) is 5.02 Å². The first-order valence-corrected chi connectivity index (χ1v) is 5.04. The van der Waals surface area contributed by atoms with Gasteiger partial charge in [0, 0.05) is 0 Å². The molecule has 0 aromatic heterocycles. The van der Waals surface area contributed by atoms with E-state index in [1.807, 2.05) is 0 Å². The number of ether oxygens (including phenoxy) is 1. The SMILES string of the molecule is Cl.NCCCc1ccc(OC(F)(F)F)c(Cl)c1. The highest BCUT2D eigenvalue weighted by Gasteiger charge is 2.31. The van der Waals surface area contributed by atoms with Crippen molar-refractivity contribution < 1.29 is 17.9 Å². The van der Waals surface area contributed by atoms with Gasteiger partial charge in [-0.25, -0.2) is 0 Å². The number of halogens is 5. The van der Waals surface area contributed by atoms with Gasteiger partial charge in [0.2, 0.25) is 0 Å². The lowest BCUT2D eigenvalue weighted by atomic mass is 10.1. The number of hydrogen-bond donors (Lipinski definition) is 1. The second kappa shape index (κ2) is 6.93. The van der Waals surface area contributed by atoms with Crippen molar-refractivity contribution in [3.05, 3.63) is 28.8 Å². The second-order valence-corrected chi connectivity index (χ2v) is 3.61. The lowest BCUT2D eigenvalue weighted by Crippen LogP contribution is -2.17. The van der Waals surface area contributed by atoms with Crippen LogP contribution in [0, 0.1) is 0 Å². The minimum atomic E-state index is -4.72. The van der Waals surface area contributed by atoms with Crippen LogP contribution in [0.15, 0.2) is 18.2 Å². The van der Waals surface area contributed by atoms with Gasteiger partial charge in [0.1, 0.15) is 5.75 Å². The number of hydrogen-bond acceptors (Lipinski definition) is 2. The van der Waals surface area contributed by atoms with Crippen molar-refractivity contribution in [2.45, 2.75) is 19.2 Å². The summed E-state index contributed by atoms with van der Waals surface area (Å²) in [5.41, 5.74) is 6.16. The molecule has 17 heavy (non-hydrogen) atoms. The minimum Gasteiger partial charge on any atom is -0.404 e. The fourth-order valence-corrected chi connectivity index (χ4v) is 1.46. The summed E-state index contributed by atoms with van der Waals surface area (Å²) in [5.74, 6) is -0.384. The molecule has 2 nitrogen and oxygen atoms in total. The van der Waals surface area contributed by atoms with Crippen molar-refractivity contribution in [3.8, 4) is 5.75 Å². The molecule has 1 aromatic rings. The summed E-state index contributed by atoms with van der Waals surface area (Å²) >= 11 is 5.66. The van der Waals surface area contributed by atoms with Gasteiger partial charge in [0.25, 0.3) is 0 Å². The molecule has 0 saturated carbocycles. The van der Waals surface area contributed by atoms with Gasteiger partial charge in [-0.3, -0.25) is 0 Å². The first-order chi connectivity index (χ1) is 7.42. The normalized spacial score (nSPS) is 10.9. The Morgan fingerprint density at radius 3 is 2.41 bits per heavy atom. The van der Waals surface area contributed by atoms with E-state index in [2.05, 4.69) is 4.74 Å². The lowest BCUT2D eigenvalue weighted by molar-refractivity contribution is -0.274. The molecular weight excluding hydrogens is 278 g/mol. The number of aryl methyl sites for hydroxylation is 1. The predicted molar refractivity (Wildman–Crippen MR) is 62.8 cm³/mol. The molecule has 0 unspecified atom stereocenters. The van der Waals surface area contributed by atoms with Gasteiger partial charge in [-0.15, -0.1) is 25.6 Å². The van der Waals surface area contributed by atoms with E-state index < -0.39 is 6.36 Å². The van der Waals surface area contributed by atoms with Gasteiger partial charge < -0.3 is 10.5 Å². The monoisotopic (exact) mass is 289 g/mol. The number of rotatable bonds is 4. The van der Waals surface area contributed by atoms with Gasteiger partial charge in [-0.2, -0.15) is 0 Å². The maximum atomic E-state index is 11.9. The van der Waals surface area contributed by atoms with Crippen LogP contribution in [0.25, 0.3) is 0 Å². The zero-order valence-electron chi connectivity index (χ0n) is 8.76. The van der Waals surface area contributed by atoms with Crippen LogP contribution in [0.3, 0.4) is 0 Å². The second-order valence-electron chi connectivity index (χ2n) is 3.20. The Morgan fingerprint density at radius 2 is 1.94 bits per heavy atom. The van der Waals surface area contributed by atoms with Crippen LogP contribution < -0.4 is 10.5 Å². The number of benzene rings is 1. The van der Waals surface area contributed by atoms with Gasteiger partial charge in [-0.05, 0) is 37.1 Å². The molecule has 1 aromatic carbocycles. The highest BCUT2D eigenvalue weighted by Crippen LogP contribution is 2.30. The smallest absolute Gasteiger partial charge is 0.404 e. The van der Waals surface area contributed by atoms with E-state index in [9.17, 15) is 13.2 Å². The largest absolute Gasteiger partial charge is 0.573 e. The minimum absolute atomic E-state index is 0. The molecular formula is C10H12Cl2F3NO. The third-order valence-corrected chi connectivity index (χ3v) is 2.19. The average Bonchev–Trinajstić information content (AvgIpc) is 2.17. The number of alkyl halides is 3. The molecule has 0 saturated heterocycles. The first-order valence-electron chi connectivity index (χ1n) is 4.66. The van der Waals surface area contributed by atoms with Gasteiger partial charge in [0.15, 0.2) is 0 Å². The van der Waals surface area contributed by atoms with Crippen molar-refractivity contribution in [2.75, 3.05) is 6.54 Å². The van der Waals surface area contributed by atoms with Crippen LogP contribution in [-0.2, 0) is 6.42 Å². The van der Waals surface area contributed by atoms with E-state index in [0.29, 0.717) is 13.0 Å². The summed E-state index contributed by atoms with van der Waals surface area (Å²) < 4.78 is 39.5. The Hall–Kier alpha value is -0.650. The Bertz CT molecular complexity index is 358. The van der Waals surface area contributed by atoms with Crippen LogP contribution in [0.5, 0.6) is 5.75 Å². The van der Waals surface area contributed by atoms with E-state index in [0.717, 1.165) is 12.0 Å². The van der Waals surface area contributed by atoms with Crippen LogP contribution in [0.4, 0.5) is 13.2 Å². The summed E-state index contributed by atoms with van der Waals surface area (Å²) in [5, 5.41) is -0.0492. The highest BCUT2D eigenvalue weighted by molar-refractivity contribution is 6.32. The summed E-state index contributed by atoms with van der Waals surface area (Å²) in [6, 6.07) is 4.21. The van der Waals surface area contributed by atoms with E-state index in [-0.39, 0.29) is 23.2 Å². The standard InChI is InChI=1S/C10H11ClF3NO.ClH/c11-8-6-7(2-1-5-15)3-4-9(8)16-10(12,13)14;/h3-4,6H,1-2,5,15H2;1H. The molecule has 0 spiro atoms. The molecule has 0 amide bonds. The van der Waals surface area contributed by atoms with Gasteiger partial charge >= 0.3 is 6.36 Å². The first kappa shape index (κ1) is 16.4. The third-order valence-electron chi connectivity index (χ3n) is 1.89. The van der Waals surface area contributed by atoms with E-state index in [4.69, 9.17) is 17.3 Å². The molecule has 0 radical (unpaired) electrons. The van der Waals surface area contributed by atoms with Gasteiger partial charge in [-0.1, -0.05) is 17.7 Å². The van der Waals surface area contributed by atoms with Crippen molar-refractivity contribution in [3.63, 3.8) is 0 Å². The molecule has 0 aliphatic carbocycles.